The van der Waals surface area contributed by atoms with Gasteiger partial charge in [0, 0.05) is 6.42 Å². The smallest absolute Gasteiger partial charge is 0.389 e. The maximum Gasteiger partial charge on any atom is 0.389 e. The van der Waals surface area contributed by atoms with Crippen LogP contribution in [0.1, 0.15) is 24.8 Å². The molecule has 0 aromatic heterocycles. The molecule has 0 saturated carbocycles. The molecule has 29 heavy (non-hydrogen) atoms. The molecule has 2 rings (SSSR count). The molecule has 1 N–H and O–H groups in total. The van der Waals surface area contributed by atoms with E-state index in [4.69, 9.17) is 19.5 Å². The molecular formula is C19H21F3N2O5. The molecule has 0 spiro atoms. The first-order chi connectivity index (χ1) is 13.7. The predicted octanol–water partition coefficient (Wildman–Crippen LogP) is 2.45. The fourth-order valence-corrected chi connectivity index (χ4v) is 3.15. The number of alkyl halides is 3. The number of ether oxygens (including phenoxy) is 3. The second-order valence-electron chi connectivity index (χ2n) is 6.54. The van der Waals surface area contributed by atoms with E-state index in [1.165, 1.54) is 19.2 Å². The molecule has 7 nitrogen and oxygen atoms in total. The summed E-state index contributed by atoms with van der Waals surface area (Å²) in [6.45, 7) is -0.0816. The van der Waals surface area contributed by atoms with Gasteiger partial charge in [0.15, 0.2) is 0 Å². The number of carbonyl (C=O) groups is 2. The summed E-state index contributed by atoms with van der Waals surface area (Å²) >= 11 is 0. The highest BCUT2D eigenvalue weighted by Gasteiger charge is 2.51. The molecule has 158 valence electrons. The Balaban J connectivity index is 2.18. The first kappa shape index (κ1) is 22.5. The van der Waals surface area contributed by atoms with Crippen molar-refractivity contribution in [2.45, 2.75) is 31.0 Å². The molecule has 1 aromatic rings. The van der Waals surface area contributed by atoms with Gasteiger partial charge in [-0.15, -0.1) is 0 Å². The van der Waals surface area contributed by atoms with Gasteiger partial charge >= 0.3 is 12.1 Å². The Hall–Kier alpha value is -2.80. The molecule has 1 aliphatic heterocycles. The second kappa shape index (κ2) is 9.60. The van der Waals surface area contributed by atoms with Crippen LogP contribution in [0.2, 0.25) is 0 Å². The van der Waals surface area contributed by atoms with Crippen molar-refractivity contribution >= 4 is 11.9 Å². The molecule has 1 aliphatic rings. The lowest BCUT2D eigenvalue weighted by atomic mass is 9.80. The zero-order valence-electron chi connectivity index (χ0n) is 15.8. The van der Waals surface area contributed by atoms with E-state index in [0.717, 1.165) is 0 Å². The summed E-state index contributed by atoms with van der Waals surface area (Å²) in [6, 6.07) is 8.01. The van der Waals surface area contributed by atoms with E-state index in [0.29, 0.717) is 11.3 Å². The van der Waals surface area contributed by atoms with Crippen LogP contribution in [0.4, 0.5) is 13.2 Å². The fourth-order valence-electron chi connectivity index (χ4n) is 3.15. The molecule has 10 heteroatoms. The largest absolute Gasteiger partial charge is 0.494 e. The van der Waals surface area contributed by atoms with Crippen molar-refractivity contribution in [3.63, 3.8) is 0 Å². The average molecular weight is 414 g/mol. The number of nitriles is 1. The summed E-state index contributed by atoms with van der Waals surface area (Å²) in [5, 5.41) is 11.5. The highest BCUT2D eigenvalue weighted by atomic mass is 19.4. The Bertz CT molecular complexity index is 761. The quantitative estimate of drug-likeness (QED) is 0.518. The van der Waals surface area contributed by atoms with Crippen LogP contribution in [0.5, 0.6) is 5.75 Å². The molecule has 1 saturated heterocycles. The summed E-state index contributed by atoms with van der Waals surface area (Å²) in [6.07, 6.45) is -5.72. The first-order valence-corrected chi connectivity index (χ1v) is 8.85. The van der Waals surface area contributed by atoms with E-state index in [1.807, 2.05) is 0 Å². The standard InChI is InChI=1S/C19H21F3N2O5/c1-27-17(26)15-11-28-12-18(15,24-16(25)7-9-23)13-3-5-14(6-4-13)29-10-2-8-19(20,21)22/h3-6,15H,2,7-8,10-12H2,1H3,(H,24,25)/t15-,18?/m0/s1. The Morgan fingerprint density at radius 2 is 2.03 bits per heavy atom. The van der Waals surface area contributed by atoms with Crippen LogP contribution in [0, 0.1) is 17.2 Å². The lowest BCUT2D eigenvalue weighted by Gasteiger charge is -2.33. The summed E-state index contributed by atoms with van der Waals surface area (Å²) in [4.78, 5) is 24.3. The Labute approximate surface area is 165 Å². The van der Waals surface area contributed by atoms with Crippen molar-refractivity contribution in [3.05, 3.63) is 29.8 Å². The molecule has 1 aromatic carbocycles. The SMILES string of the molecule is COC(=O)[C@@H]1COCC1(NC(=O)CC#N)c1ccc(OCCCC(F)(F)F)cc1. The van der Waals surface area contributed by atoms with Crippen molar-refractivity contribution < 1.29 is 37.0 Å². The normalized spacial score (nSPS) is 21.3. The number of hydrogen-bond donors (Lipinski definition) is 1. The van der Waals surface area contributed by atoms with Gasteiger partial charge in [0.05, 0.1) is 33.0 Å². The molecule has 1 fully saturated rings. The van der Waals surface area contributed by atoms with E-state index in [-0.39, 0.29) is 26.2 Å². The molecule has 1 unspecified atom stereocenters. The zero-order valence-corrected chi connectivity index (χ0v) is 15.8. The molecule has 2 atom stereocenters. The van der Waals surface area contributed by atoms with Crippen LogP contribution < -0.4 is 10.1 Å². The van der Waals surface area contributed by atoms with Crippen LogP contribution in [0.15, 0.2) is 24.3 Å². The molecule has 0 aliphatic carbocycles. The van der Waals surface area contributed by atoms with Crippen molar-refractivity contribution in [2.75, 3.05) is 26.9 Å². The van der Waals surface area contributed by atoms with Crippen molar-refractivity contribution in [1.82, 2.24) is 5.32 Å². The van der Waals surface area contributed by atoms with E-state index in [9.17, 15) is 22.8 Å². The Kier molecular flexibility index (Phi) is 7.45. The zero-order chi connectivity index (χ0) is 21.5. The van der Waals surface area contributed by atoms with Crippen molar-refractivity contribution in [1.29, 1.82) is 5.26 Å². The van der Waals surface area contributed by atoms with Gasteiger partial charge in [-0.1, -0.05) is 12.1 Å². The van der Waals surface area contributed by atoms with Gasteiger partial charge in [-0.25, -0.2) is 0 Å². The molecule has 0 radical (unpaired) electrons. The van der Waals surface area contributed by atoms with Crippen LogP contribution in [-0.4, -0.2) is 45.0 Å². The van der Waals surface area contributed by atoms with E-state index in [2.05, 4.69) is 5.32 Å². The highest BCUT2D eigenvalue weighted by molar-refractivity contribution is 5.82. The van der Waals surface area contributed by atoms with Gasteiger partial charge in [0.2, 0.25) is 5.91 Å². The lowest BCUT2D eigenvalue weighted by molar-refractivity contribution is -0.148. The molecular weight excluding hydrogens is 393 g/mol. The van der Waals surface area contributed by atoms with Crippen LogP contribution in [-0.2, 0) is 24.6 Å². The molecule has 0 bridgehead atoms. The summed E-state index contributed by atoms with van der Waals surface area (Å²) in [5.41, 5.74) is -0.699. The van der Waals surface area contributed by atoms with Crippen molar-refractivity contribution in [2.24, 2.45) is 5.92 Å². The third kappa shape index (κ3) is 5.84. The third-order valence-corrected chi connectivity index (χ3v) is 4.54. The van der Waals surface area contributed by atoms with Gasteiger partial charge in [-0.05, 0) is 24.1 Å². The number of hydrogen-bond acceptors (Lipinski definition) is 6. The van der Waals surface area contributed by atoms with E-state index >= 15 is 0 Å². The first-order valence-electron chi connectivity index (χ1n) is 8.85. The molecule has 1 amide bonds. The minimum Gasteiger partial charge on any atom is -0.494 e. The fraction of sp³-hybridized carbons (Fsp3) is 0.526. The third-order valence-electron chi connectivity index (χ3n) is 4.54. The lowest BCUT2D eigenvalue weighted by Crippen LogP contribution is -2.53. The number of esters is 1. The topological polar surface area (TPSA) is 97.6 Å². The Morgan fingerprint density at radius 1 is 1.34 bits per heavy atom. The predicted molar refractivity (Wildman–Crippen MR) is 93.6 cm³/mol. The van der Waals surface area contributed by atoms with E-state index in [1.54, 1.807) is 18.2 Å². The van der Waals surface area contributed by atoms with Crippen LogP contribution in [0.25, 0.3) is 0 Å². The summed E-state index contributed by atoms with van der Waals surface area (Å²) in [5.74, 6) is -1.62. The maximum absolute atomic E-state index is 12.2. The number of nitrogens with one attached hydrogen (secondary N) is 1. The second-order valence-corrected chi connectivity index (χ2v) is 6.54. The highest BCUT2D eigenvalue weighted by Crippen LogP contribution is 2.37. The number of methoxy groups -OCH3 is 1. The van der Waals surface area contributed by atoms with Crippen LogP contribution >= 0.6 is 0 Å². The average Bonchev–Trinajstić information content (AvgIpc) is 3.09. The minimum absolute atomic E-state index is 0.00424. The number of halogens is 3. The van der Waals surface area contributed by atoms with Gasteiger partial charge in [-0.3, -0.25) is 9.59 Å². The molecule has 1 heterocycles. The number of amides is 1. The number of nitrogens with zero attached hydrogens (tertiary/aromatic N) is 1. The number of rotatable bonds is 8. The van der Waals surface area contributed by atoms with Crippen LogP contribution in [0.3, 0.4) is 0 Å². The van der Waals surface area contributed by atoms with E-state index < -0.39 is 42.4 Å². The van der Waals surface area contributed by atoms with Gasteiger partial charge in [-0.2, -0.15) is 18.4 Å². The number of benzene rings is 1. The monoisotopic (exact) mass is 414 g/mol. The number of carbonyl (C=O) groups excluding carboxylic acids is 2. The summed E-state index contributed by atoms with van der Waals surface area (Å²) in [7, 11) is 1.22. The van der Waals surface area contributed by atoms with Gasteiger partial charge < -0.3 is 19.5 Å². The van der Waals surface area contributed by atoms with Gasteiger partial charge in [0.25, 0.3) is 0 Å². The summed E-state index contributed by atoms with van der Waals surface area (Å²) < 4.78 is 52.1. The maximum atomic E-state index is 12.2. The Morgan fingerprint density at radius 3 is 2.62 bits per heavy atom. The minimum atomic E-state index is -4.23. The van der Waals surface area contributed by atoms with Crippen molar-refractivity contribution in [3.8, 4) is 11.8 Å². The van der Waals surface area contributed by atoms with Gasteiger partial charge in [0.1, 0.15) is 23.6 Å².